The molecule has 0 unspecified atom stereocenters. The van der Waals surface area contributed by atoms with E-state index in [0.29, 0.717) is 42.5 Å². The molecule has 1 fully saturated rings. The quantitative estimate of drug-likeness (QED) is 0.203. The SMILES string of the molecule is Cc1sc2c(c1C)C(c1ccc(Cl)cc1)=N[C@@H](CC(=O)N1CCC(NC(=O)c3ccc(-c4cccc(C#CCN)c4)o3)CC1)c1nnc(C)n1-2. The highest BCUT2D eigenvalue weighted by molar-refractivity contribution is 7.15. The van der Waals surface area contributed by atoms with E-state index in [1.807, 2.05) is 60.4 Å². The summed E-state index contributed by atoms with van der Waals surface area (Å²) in [5.41, 5.74) is 11.1. The standard InChI is InChI=1S/C38H36ClN7O3S/c1-22-23(2)50-38-34(22)35(26-9-11-28(39)12-10-26)42-30(36-44-43-24(3)46(36)38)21-33(47)45-18-15-29(16-19-45)41-37(48)32-14-13-31(49-32)27-8-4-6-25(20-27)7-5-17-40/h4,6,8-14,20,29-30H,15-19,21,40H2,1-3H3,(H,41,48)/t30-/m0/s1. The zero-order chi connectivity index (χ0) is 34.9. The second kappa shape index (κ2) is 14.1. The van der Waals surface area contributed by atoms with Gasteiger partial charge in [-0.1, -0.05) is 47.7 Å². The number of amides is 2. The fourth-order valence-electron chi connectivity index (χ4n) is 6.48. The predicted molar refractivity (Wildman–Crippen MR) is 195 cm³/mol. The lowest BCUT2D eigenvalue weighted by molar-refractivity contribution is -0.132. The van der Waals surface area contributed by atoms with Crippen LogP contribution in [0.15, 0.2) is 70.1 Å². The molecule has 2 aromatic carbocycles. The number of nitrogens with zero attached hydrogens (tertiary/aromatic N) is 5. The summed E-state index contributed by atoms with van der Waals surface area (Å²) >= 11 is 7.92. The molecule has 10 nitrogen and oxygen atoms in total. The van der Waals surface area contributed by atoms with Gasteiger partial charge < -0.3 is 20.4 Å². The van der Waals surface area contributed by atoms with E-state index < -0.39 is 6.04 Å². The Hall–Kier alpha value is -5.02. The summed E-state index contributed by atoms with van der Waals surface area (Å²) in [7, 11) is 0. The first kappa shape index (κ1) is 33.5. The van der Waals surface area contributed by atoms with E-state index in [4.69, 9.17) is 26.7 Å². The zero-order valence-corrected chi connectivity index (χ0v) is 29.6. The number of halogens is 1. The number of furan rings is 1. The number of thiophene rings is 1. The van der Waals surface area contributed by atoms with Gasteiger partial charge in [-0.15, -0.1) is 21.5 Å². The number of carbonyl (C=O) groups is 2. The number of piperidine rings is 1. The molecule has 0 radical (unpaired) electrons. The van der Waals surface area contributed by atoms with E-state index in [2.05, 4.69) is 45.8 Å². The van der Waals surface area contributed by atoms with Crippen molar-refractivity contribution < 1.29 is 14.0 Å². The third-order valence-electron chi connectivity index (χ3n) is 9.22. The summed E-state index contributed by atoms with van der Waals surface area (Å²) in [4.78, 5) is 35.3. The van der Waals surface area contributed by atoms with Crippen LogP contribution < -0.4 is 11.1 Å². The molecule has 5 heterocycles. The average molecular weight is 706 g/mol. The zero-order valence-electron chi connectivity index (χ0n) is 28.0. The molecule has 3 N–H and O–H groups in total. The number of fused-ring (bicyclic) bond motifs is 3. The Morgan fingerprint density at radius 1 is 1.04 bits per heavy atom. The van der Waals surface area contributed by atoms with Crippen LogP contribution in [-0.2, 0) is 4.79 Å². The monoisotopic (exact) mass is 705 g/mol. The first-order chi connectivity index (χ1) is 24.2. The normalized spacial score (nSPS) is 15.7. The lowest BCUT2D eigenvalue weighted by Gasteiger charge is -2.32. The molecule has 2 aliphatic heterocycles. The van der Waals surface area contributed by atoms with Crippen LogP contribution in [0.3, 0.4) is 0 Å². The number of hydrogen-bond acceptors (Lipinski definition) is 8. The van der Waals surface area contributed by atoms with Crippen LogP contribution in [0.2, 0.25) is 5.02 Å². The van der Waals surface area contributed by atoms with E-state index in [1.165, 1.54) is 4.88 Å². The van der Waals surface area contributed by atoms with Crippen LogP contribution in [0.1, 0.15) is 74.6 Å². The minimum atomic E-state index is -0.535. The van der Waals surface area contributed by atoms with Crippen LogP contribution >= 0.6 is 22.9 Å². The van der Waals surface area contributed by atoms with Gasteiger partial charge in [-0.05, 0) is 75.6 Å². The summed E-state index contributed by atoms with van der Waals surface area (Å²) < 4.78 is 7.97. The average Bonchev–Trinajstić information content (AvgIpc) is 3.82. The van der Waals surface area contributed by atoms with Crippen molar-refractivity contribution in [2.24, 2.45) is 10.7 Å². The number of benzene rings is 2. The van der Waals surface area contributed by atoms with Crippen LogP contribution in [0, 0.1) is 32.6 Å². The third-order valence-corrected chi connectivity index (χ3v) is 10.7. The summed E-state index contributed by atoms with van der Waals surface area (Å²) in [6.07, 6.45) is 1.40. The van der Waals surface area contributed by atoms with Gasteiger partial charge in [0.25, 0.3) is 5.91 Å². The Bertz CT molecular complexity index is 2180. The molecule has 1 atom stereocenters. The topological polar surface area (TPSA) is 132 Å². The maximum absolute atomic E-state index is 13.9. The number of carbonyl (C=O) groups excluding carboxylic acids is 2. The first-order valence-electron chi connectivity index (χ1n) is 16.5. The van der Waals surface area contributed by atoms with Gasteiger partial charge in [0.1, 0.15) is 22.6 Å². The smallest absolute Gasteiger partial charge is 0.287 e. The number of nitrogens with one attached hydrogen (secondary N) is 1. The van der Waals surface area contributed by atoms with E-state index >= 15 is 0 Å². The van der Waals surface area contributed by atoms with Gasteiger partial charge in [-0.3, -0.25) is 19.1 Å². The van der Waals surface area contributed by atoms with E-state index in [0.717, 1.165) is 44.4 Å². The van der Waals surface area contributed by atoms with Gasteiger partial charge in [0.2, 0.25) is 5.91 Å². The summed E-state index contributed by atoms with van der Waals surface area (Å²) in [6, 6.07) is 18.1. The van der Waals surface area contributed by atoms with Gasteiger partial charge in [0.15, 0.2) is 11.6 Å². The highest BCUT2D eigenvalue weighted by Gasteiger charge is 2.34. The number of hydrogen-bond donors (Lipinski definition) is 2. The van der Waals surface area contributed by atoms with Gasteiger partial charge in [0.05, 0.1) is 18.7 Å². The molecule has 50 heavy (non-hydrogen) atoms. The van der Waals surface area contributed by atoms with Gasteiger partial charge >= 0.3 is 0 Å². The van der Waals surface area contributed by atoms with Crippen molar-refractivity contribution in [3.05, 3.63) is 110 Å². The molecule has 0 bridgehead atoms. The van der Waals surface area contributed by atoms with Gasteiger partial charge in [-0.2, -0.15) is 0 Å². The molecular weight excluding hydrogens is 670 g/mol. The maximum atomic E-state index is 13.9. The summed E-state index contributed by atoms with van der Waals surface area (Å²) in [5.74, 6) is 7.78. The fourth-order valence-corrected chi connectivity index (χ4v) is 7.82. The highest BCUT2D eigenvalue weighted by Crippen LogP contribution is 2.40. The second-order valence-electron chi connectivity index (χ2n) is 12.5. The van der Waals surface area contributed by atoms with E-state index in [-0.39, 0.29) is 36.6 Å². The number of rotatable bonds is 6. The number of likely N-dealkylation sites (tertiary alicyclic amines) is 1. The minimum Gasteiger partial charge on any atom is -0.451 e. The molecule has 2 amide bonds. The van der Waals surface area contributed by atoms with Crippen LogP contribution in [-0.4, -0.2) is 62.9 Å². The van der Waals surface area contributed by atoms with Crippen LogP contribution in [0.25, 0.3) is 16.3 Å². The number of aryl methyl sites for hydroxylation is 2. The van der Waals surface area contributed by atoms with Crippen molar-refractivity contribution in [3.8, 4) is 28.2 Å². The molecule has 12 heteroatoms. The van der Waals surface area contributed by atoms with Gasteiger partial charge in [-0.25, -0.2) is 0 Å². The van der Waals surface area contributed by atoms with Gasteiger partial charge in [0, 0.05) is 51.3 Å². The second-order valence-corrected chi connectivity index (χ2v) is 14.1. The Kier molecular flexibility index (Phi) is 9.42. The van der Waals surface area contributed by atoms with E-state index in [1.54, 1.807) is 23.5 Å². The largest absolute Gasteiger partial charge is 0.451 e. The molecule has 7 rings (SSSR count). The van der Waals surface area contributed by atoms with Crippen molar-refractivity contribution in [1.82, 2.24) is 25.0 Å². The van der Waals surface area contributed by atoms with E-state index in [9.17, 15) is 9.59 Å². The molecule has 0 saturated carbocycles. The Labute approximate surface area is 299 Å². The number of nitrogens with two attached hydrogens (primary N) is 1. The summed E-state index contributed by atoms with van der Waals surface area (Å²) in [5, 5.41) is 13.7. The molecule has 2 aliphatic rings. The Balaban J connectivity index is 1.04. The highest BCUT2D eigenvalue weighted by atomic mass is 35.5. The van der Waals surface area contributed by atoms with Crippen molar-refractivity contribution in [2.45, 2.75) is 52.1 Å². The molecule has 3 aromatic heterocycles. The van der Waals surface area contributed by atoms with Crippen LogP contribution in [0.4, 0.5) is 0 Å². The molecule has 0 aliphatic carbocycles. The van der Waals surface area contributed by atoms with Crippen molar-refractivity contribution in [1.29, 1.82) is 0 Å². The Morgan fingerprint density at radius 2 is 1.82 bits per heavy atom. The Morgan fingerprint density at radius 3 is 2.58 bits per heavy atom. The third kappa shape index (κ3) is 6.62. The molecule has 1 saturated heterocycles. The van der Waals surface area contributed by atoms with Crippen molar-refractivity contribution in [3.63, 3.8) is 0 Å². The lowest BCUT2D eigenvalue weighted by atomic mass is 9.99. The number of aliphatic imine (C=N–C) groups is 1. The molecule has 5 aromatic rings. The maximum Gasteiger partial charge on any atom is 0.287 e. The molecule has 0 spiro atoms. The minimum absolute atomic E-state index is 0.0154. The molecular formula is C38H36ClN7O3S. The van der Waals surface area contributed by atoms with Crippen molar-refractivity contribution >= 4 is 40.5 Å². The lowest BCUT2D eigenvalue weighted by Crippen LogP contribution is -2.46. The molecule has 254 valence electrons. The van der Waals surface area contributed by atoms with Crippen molar-refractivity contribution in [2.75, 3.05) is 19.6 Å². The fraction of sp³-hybridized carbons (Fsp3) is 0.289. The summed E-state index contributed by atoms with van der Waals surface area (Å²) in [6.45, 7) is 7.45. The van der Waals surface area contributed by atoms with Crippen LogP contribution in [0.5, 0.6) is 0 Å². The predicted octanol–water partition coefficient (Wildman–Crippen LogP) is 6.18. The number of aromatic nitrogens is 3. The first-order valence-corrected chi connectivity index (χ1v) is 17.7.